The molecule has 0 aliphatic carbocycles. The number of ether oxygens (including phenoxy) is 1. The number of methoxy groups -OCH3 is 1. The van der Waals surface area contributed by atoms with Crippen LogP contribution in [0.1, 0.15) is 43.4 Å². The molecule has 1 heterocycles. The smallest absolute Gasteiger partial charge is 0.287 e. The SMILES string of the molecule is CCNC(=O)C(=N)N(C(=N)c1cc(C(C)C)c(OC)cc1O)c1ccc(Cn2ccnc2)c(F)c1. The van der Waals surface area contributed by atoms with Gasteiger partial charge >= 0.3 is 0 Å². The van der Waals surface area contributed by atoms with Gasteiger partial charge in [0.2, 0.25) is 0 Å². The highest BCUT2D eigenvalue weighted by molar-refractivity contribution is 6.48. The fraction of sp³-hybridized carbons (Fsp3) is 0.280. The molecule has 35 heavy (non-hydrogen) atoms. The number of rotatable bonds is 7. The zero-order chi connectivity index (χ0) is 25.7. The summed E-state index contributed by atoms with van der Waals surface area (Å²) in [5, 5.41) is 30.5. The van der Waals surface area contributed by atoms with Gasteiger partial charge in [0.15, 0.2) is 5.84 Å². The number of nitrogens with zero attached hydrogens (tertiary/aromatic N) is 3. The van der Waals surface area contributed by atoms with E-state index in [2.05, 4.69) is 10.3 Å². The van der Waals surface area contributed by atoms with Crippen molar-refractivity contribution < 1.29 is 19.0 Å². The molecule has 3 rings (SSSR count). The zero-order valence-electron chi connectivity index (χ0n) is 20.1. The number of halogens is 1. The predicted octanol–water partition coefficient (Wildman–Crippen LogP) is 3.85. The topological polar surface area (TPSA) is 127 Å². The number of anilines is 1. The molecule has 1 amide bonds. The molecule has 0 atom stereocenters. The summed E-state index contributed by atoms with van der Waals surface area (Å²) in [6.07, 6.45) is 4.87. The molecular formula is C25H29FN6O3. The molecule has 0 radical (unpaired) electrons. The lowest BCUT2D eigenvalue weighted by Gasteiger charge is -2.26. The van der Waals surface area contributed by atoms with Crippen LogP contribution in [0.15, 0.2) is 49.1 Å². The second-order valence-corrected chi connectivity index (χ2v) is 8.17. The Balaban J connectivity index is 2.08. The summed E-state index contributed by atoms with van der Waals surface area (Å²) < 4.78 is 22.1. The summed E-state index contributed by atoms with van der Waals surface area (Å²) >= 11 is 0. The largest absolute Gasteiger partial charge is 0.507 e. The van der Waals surface area contributed by atoms with E-state index in [0.717, 1.165) is 10.5 Å². The number of carbonyl (C=O) groups excluding carboxylic acids is 1. The van der Waals surface area contributed by atoms with Crippen LogP contribution < -0.4 is 15.0 Å². The van der Waals surface area contributed by atoms with Gasteiger partial charge in [0.1, 0.15) is 23.2 Å². The standard InChI is InChI=1S/C25H29FN6O3/c1-5-30-25(34)24(28)32(17-7-6-16(20(26)10-17)13-31-9-8-29-14-31)23(27)19-11-18(15(2)3)22(35-4)12-21(19)33/h6-12,14-15,27-28,33H,5,13H2,1-4H3,(H,30,34). The molecule has 0 saturated heterocycles. The van der Waals surface area contributed by atoms with Gasteiger partial charge in [-0.1, -0.05) is 19.9 Å². The number of benzene rings is 2. The third kappa shape index (κ3) is 5.48. The minimum Gasteiger partial charge on any atom is -0.507 e. The van der Waals surface area contributed by atoms with Crippen LogP contribution in [0, 0.1) is 16.6 Å². The highest BCUT2D eigenvalue weighted by atomic mass is 19.1. The Kier molecular flexibility index (Phi) is 7.85. The van der Waals surface area contributed by atoms with Gasteiger partial charge in [-0.15, -0.1) is 0 Å². The van der Waals surface area contributed by atoms with E-state index in [0.29, 0.717) is 11.3 Å². The maximum atomic E-state index is 15.1. The first-order valence-corrected chi connectivity index (χ1v) is 11.1. The first-order valence-electron chi connectivity index (χ1n) is 11.1. The first-order chi connectivity index (χ1) is 16.7. The van der Waals surface area contributed by atoms with E-state index >= 15 is 4.39 Å². The second-order valence-electron chi connectivity index (χ2n) is 8.17. The van der Waals surface area contributed by atoms with Crippen molar-refractivity contribution in [3.63, 3.8) is 0 Å². The van der Waals surface area contributed by atoms with Gasteiger partial charge < -0.3 is 19.7 Å². The fourth-order valence-electron chi connectivity index (χ4n) is 3.62. The Morgan fingerprint density at radius 1 is 1.29 bits per heavy atom. The normalized spacial score (nSPS) is 10.8. The number of nitrogens with one attached hydrogen (secondary N) is 3. The summed E-state index contributed by atoms with van der Waals surface area (Å²) in [5.41, 5.74) is 1.28. The number of amidine groups is 2. The Morgan fingerprint density at radius 2 is 2.03 bits per heavy atom. The van der Waals surface area contributed by atoms with E-state index in [9.17, 15) is 9.90 Å². The summed E-state index contributed by atoms with van der Waals surface area (Å²) in [7, 11) is 1.48. The third-order valence-corrected chi connectivity index (χ3v) is 5.43. The molecule has 0 unspecified atom stereocenters. The van der Waals surface area contributed by atoms with E-state index in [-0.39, 0.29) is 41.8 Å². The Morgan fingerprint density at radius 3 is 2.60 bits per heavy atom. The maximum Gasteiger partial charge on any atom is 0.287 e. The monoisotopic (exact) mass is 480 g/mol. The molecule has 3 aromatic rings. The number of aromatic hydroxyl groups is 1. The summed E-state index contributed by atoms with van der Waals surface area (Å²) in [6, 6.07) is 7.20. The molecule has 4 N–H and O–H groups in total. The average molecular weight is 481 g/mol. The fourth-order valence-corrected chi connectivity index (χ4v) is 3.62. The van der Waals surface area contributed by atoms with Crippen LogP contribution in [0.5, 0.6) is 11.5 Å². The molecule has 2 aromatic carbocycles. The lowest BCUT2D eigenvalue weighted by molar-refractivity contribution is -0.114. The van der Waals surface area contributed by atoms with Crippen molar-refractivity contribution in [3.8, 4) is 11.5 Å². The van der Waals surface area contributed by atoms with Crippen LogP contribution in [0.4, 0.5) is 10.1 Å². The number of phenols is 1. The lowest BCUT2D eigenvalue weighted by atomic mass is 9.97. The molecule has 0 saturated carbocycles. The Bertz CT molecular complexity index is 1240. The minimum absolute atomic E-state index is 0.00768. The molecule has 0 fully saturated rings. The molecular weight excluding hydrogens is 451 g/mol. The number of imidazole rings is 1. The van der Waals surface area contributed by atoms with Crippen molar-refractivity contribution in [2.45, 2.75) is 33.2 Å². The van der Waals surface area contributed by atoms with E-state index < -0.39 is 17.6 Å². The second kappa shape index (κ2) is 10.8. The maximum absolute atomic E-state index is 15.1. The van der Waals surface area contributed by atoms with E-state index in [1.807, 2.05) is 13.8 Å². The average Bonchev–Trinajstić information content (AvgIpc) is 3.33. The summed E-state index contributed by atoms with van der Waals surface area (Å²) in [4.78, 5) is 17.5. The van der Waals surface area contributed by atoms with Crippen molar-refractivity contribution >= 4 is 23.3 Å². The number of likely N-dealkylation sites (N-methyl/N-ethyl adjacent to an activating group) is 1. The third-order valence-electron chi connectivity index (χ3n) is 5.43. The van der Waals surface area contributed by atoms with E-state index in [4.69, 9.17) is 15.6 Å². The van der Waals surface area contributed by atoms with Crippen LogP contribution >= 0.6 is 0 Å². The van der Waals surface area contributed by atoms with E-state index in [1.165, 1.54) is 31.4 Å². The van der Waals surface area contributed by atoms with Crippen LogP contribution in [-0.4, -0.2) is 45.9 Å². The molecule has 0 spiro atoms. The van der Waals surface area contributed by atoms with Gasteiger partial charge in [-0.2, -0.15) is 0 Å². The summed E-state index contributed by atoms with van der Waals surface area (Å²) in [6.45, 7) is 6.09. The molecule has 0 bridgehead atoms. The van der Waals surface area contributed by atoms with Crippen LogP contribution in [0.25, 0.3) is 0 Å². The van der Waals surface area contributed by atoms with E-state index in [1.54, 1.807) is 36.3 Å². The molecule has 9 nitrogen and oxygen atoms in total. The van der Waals surface area contributed by atoms with Crippen molar-refractivity contribution in [1.29, 1.82) is 10.8 Å². The van der Waals surface area contributed by atoms with Crippen LogP contribution in [-0.2, 0) is 11.3 Å². The van der Waals surface area contributed by atoms with Crippen molar-refractivity contribution in [1.82, 2.24) is 14.9 Å². The minimum atomic E-state index is -0.739. The van der Waals surface area contributed by atoms with Gasteiger partial charge in [-0.25, -0.2) is 9.37 Å². The number of hydrogen-bond donors (Lipinski definition) is 4. The van der Waals surface area contributed by atoms with Gasteiger partial charge in [-0.05, 0) is 36.6 Å². The number of phenolic OH excluding ortho intramolecular Hbond substituents is 1. The van der Waals surface area contributed by atoms with Gasteiger partial charge in [0.25, 0.3) is 5.91 Å². The quantitative estimate of drug-likeness (QED) is 0.302. The highest BCUT2D eigenvalue weighted by Crippen LogP contribution is 2.34. The van der Waals surface area contributed by atoms with Crippen molar-refractivity contribution in [2.75, 3.05) is 18.6 Å². The molecule has 0 aliphatic rings. The number of amides is 1. The number of aromatic nitrogens is 2. The van der Waals surface area contributed by atoms with Crippen molar-refractivity contribution in [2.24, 2.45) is 0 Å². The van der Waals surface area contributed by atoms with Gasteiger partial charge in [-0.3, -0.25) is 20.5 Å². The zero-order valence-corrected chi connectivity index (χ0v) is 20.1. The lowest BCUT2D eigenvalue weighted by Crippen LogP contribution is -2.46. The van der Waals surface area contributed by atoms with Crippen LogP contribution in [0.2, 0.25) is 0 Å². The molecule has 1 aromatic heterocycles. The first kappa shape index (κ1) is 25.4. The molecule has 0 aliphatic heterocycles. The number of carbonyl (C=O) groups is 1. The highest BCUT2D eigenvalue weighted by Gasteiger charge is 2.27. The Labute approximate surface area is 203 Å². The molecule has 184 valence electrons. The van der Waals surface area contributed by atoms with Crippen molar-refractivity contribution in [3.05, 3.63) is 71.6 Å². The number of hydrogen-bond acceptors (Lipinski definition) is 6. The predicted molar refractivity (Wildman–Crippen MR) is 132 cm³/mol. The Hall–Kier alpha value is -4.21. The molecule has 10 heteroatoms. The summed E-state index contributed by atoms with van der Waals surface area (Å²) in [5.74, 6) is -2.05. The van der Waals surface area contributed by atoms with Crippen LogP contribution in [0.3, 0.4) is 0 Å². The van der Waals surface area contributed by atoms with Gasteiger partial charge in [0, 0.05) is 30.6 Å². The van der Waals surface area contributed by atoms with Gasteiger partial charge in [0.05, 0.1) is 31.2 Å².